The summed E-state index contributed by atoms with van der Waals surface area (Å²) in [7, 11) is 0. The number of hydrogen-bond acceptors (Lipinski definition) is 5. The van der Waals surface area contributed by atoms with Gasteiger partial charge in [0.2, 0.25) is 5.78 Å². The first-order chi connectivity index (χ1) is 16.5. The van der Waals surface area contributed by atoms with Crippen LogP contribution in [0, 0.1) is 0 Å². The summed E-state index contributed by atoms with van der Waals surface area (Å²) in [6.07, 6.45) is 3.37. The normalized spacial score (nSPS) is 20.9. The second-order valence-electron chi connectivity index (χ2n) is 8.67. The summed E-state index contributed by atoms with van der Waals surface area (Å²) in [5.41, 5.74) is 2.10. The number of carbonyl (C=O) groups is 2. The van der Waals surface area contributed by atoms with Crippen LogP contribution in [0.5, 0.6) is 0 Å². The van der Waals surface area contributed by atoms with Gasteiger partial charge in [0.05, 0.1) is 17.7 Å². The molecule has 0 radical (unpaired) electrons. The van der Waals surface area contributed by atoms with Gasteiger partial charge in [-0.05, 0) is 43.2 Å². The molecule has 6 rings (SSSR count). The number of furan rings is 1. The van der Waals surface area contributed by atoms with Crippen molar-refractivity contribution >= 4 is 45.2 Å². The second kappa shape index (κ2) is 8.04. The molecule has 0 saturated carbocycles. The first kappa shape index (κ1) is 21.0. The number of aromatic nitrogens is 1. The van der Waals surface area contributed by atoms with Crippen LogP contribution in [0.4, 0.5) is 0 Å². The van der Waals surface area contributed by atoms with Crippen LogP contribution < -0.4 is 0 Å². The zero-order valence-electron chi connectivity index (χ0n) is 18.1. The average molecular weight is 477 g/mol. The number of benzene rings is 2. The van der Waals surface area contributed by atoms with Crippen molar-refractivity contribution in [2.75, 3.05) is 13.2 Å². The number of aliphatic hydroxyl groups is 1. The van der Waals surface area contributed by atoms with Gasteiger partial charge in [-0.2, -0.15) is 0 Å². The fraction of sp³-hybridized carbons (Fsp3) is 0.231. The zero-order chi connectivity index (χ0) is 23.4. The van der Waals surface area contributed by atoms with Crippen LogP contribution in [-0.4, -0.2) is 45.9 Å². The highest BCUT2D eigenvalue weighted by atomic mass is 35.5. The summed E-state index contributed by atoms with van der Waals surface area (Å²) in [4.78, 5) is 31.7. The van der Waals surface area contributed by atoms with E-state index in [1.807, 2.05) is 24.3 Å². The molecule has 2 aromatic heterocycles. The number of aromatic amines is 1. The second-order valence-corrected chi connectivity index (χ2v) is 9.11. The number of hydrogen-bond donors (Lipinski definition) is 2. The highest BCUT2D eigenvalue weighted by molar-refractivity contribution is 6.31. The lowest BCUT2D eigenvalue weighted by molar-refractivity contribution is -0.131. The number of H-pyrrole nitrogens is 1. The monoisotopic (exact) mass is 476 g/mol. The molecule has 0 bridgehead atoms. The molecular formula is C26H21ClN2O5. The number of carbonyl (C=O) groups excluding carboxylic acids is 2. The number of Topliss-reactive ketones (excluding diaryl/α,β-unsaturated/α-hetero) is 1. The number of nitrogens with zero attached hydrogens (tertiary/aromatic N) is 1. The predicted octanol–water partition coefficient (Wildman–Crippen LogP) is 5.32. The van der Waals surface area contributed by atoms with E-state index in [9.17, 15) is 14.7 Å². The van der Waals surface area contributed by atoms with Gasteiger partial charge in [0.25, 0.3) is 5.91 Å². The molecule has 2 unspecified atom stereocenters. The number of aliphatic hydroxyl groups excluding tert-OH is 1. The van der Waals surface area contributed by atoms with E-state index in [4.69, 9.17) is 20.8 Å². The number of amides is 1. The van der Waals surface area contributed by atoms with Gasteiger partial charge < -0.3 is 24.1 Å². The van der Waals surface area contributed by atoms with Crippen LogP contribution in [-0.2, 0) is 9.53 Å². The van der Waals surface area contributed by atoms with Crippen LogP contribution in [0.25, 0.3) is 21.9 Å². The van der Waals surface area contributed by atoms with Crippen molar-refractivity contribution in [3.63, 3.8) is 0 Å². The number of para-hydroxylation sites is 1. The van der Waals surface area contributed by atoms with Crippen molar-refractivity contribution in [3.8, 4) is 0 Å². The smallest absolute Gasteiger partial charge is 0.290 e. The van der Waals surface area contributed by atoms with Gasteiger partial charge in [-0.15, -0.1) is 0 Å². The third-order valence-electron chi connectivity index (χ3n) is 6.59. The lowest BCUT2D eigenvalue weighted by Gasteiger charge is -2.28. The van der Waals surface area contributed by atoms with Crippen LogP contribution in [0.3, 0.4) is 0 Å². The van der Waals surface area contributed by atoms with Crippen molar-refractivity contribution in [2.45, 2.75) is 25.0 Å². The van der Waals surface area contributed by atoms with E-state index in [1.165, 1.54) is 4.90 Å². The molecule has 2 aliphatic rings. The fourth-order valence-electron chi connectivity index (χ4n) is 4.98. The maximum absolute atomic E-state index is 13.7. The Morgan fingerprint density at radius 1 is 1.21 bits per heavy atom. The summed E-state index contributed by atoms with van der Waals surface area (Å²) in [6.45, 7) is 0.913. The Balaban J connectivity index is 1.47. The van der Waals surface area contributed by atoms with Crippen molar-refractivity contribution in [1.82, 2.24) is 9.88 Å². The lowest BCUT2D eigenvalue weighted by atomic mass is 9.94. The topological polar surface area (TPSA) is 95.8 Å². The number of ether oxygens (including phenoxy) is 1. The molecule has 2 aliphatic heterocycles. The third kappa shape index (κ3) is 3.31. The number of fused-ring (bicyclic) bond motifs is 2. The van der Waals surface area contributed by atoms with Crippen molar-refractivity contribution < 1.29 is 23.8 Å². The molecule has 8 heteroatoms. The maximum Gasteiger partial charge on any atom is 0.290 e. The van der Waals surface area contributed by atoms with Gasteiger partial charge in [0, 0.05) is 46.2 Å². The molecule has 4 aromatic rings. The molecule has 0 spiro atoms. The Hall–Kier alpha value is -3.55. The molecule has 1 fully saturated rings. The van der Waals surface area contributed by atoms with Crippen LogP contribution in [0.15, 0.2) is 70.5 Å². The first-order valence-electron chi connectivity index (χ1n) is 11.2. The van der Waals surface area contributed by atoms with Crippen molar-refractivity contribution in [2.24, 2.45) is 0 Å². The zero-order valence-corrected chi connectivity index (χ0v) is 18.8. The number of nitrogens with one attached hydrogen (secondary N) is 1. The summed E-state index contributed by atoms with van der Waals surface area (Å²) in [5, 5.41) is 13.0. The van der Waals surface area contributed by atoms with E-state index in [2.05, 4.69) is 4.98 Å². The van der Waals surface area contributed by atoms with Gasteiger partial charge in [-0.25, -0.2) is 0 Å². The van der Waals surface area contributed by atoms with E-state index in [0.29, 0.717) is 22.6 Å². The Morgan fingerprint density at radius 2 is 2.06 bits per heavy atom. The Labute approximate surface area is 199 Å². The molecular weight excluding hydrogens is 456 g/mol. The Kier molecular flexibility index (Phi) is 4.97. The summed E-state index contributed by atoms with van der Waals surface area (Å²) >= 11 is 6.08. The number of halogens is 1. The Morgan fingerprint density at radius 3 is 2.88 bits per heavy atom. The highest BCUT2D eigenvalue weighted by Gasteiger charge is 2.46. The molecule has 7 nitrogen and oxygen atoms in total. The molecule has 4 heterocycles. The summed E-state index contributed by atoms with van der Waals surface area (Å²) in [5.74, 6) is -1.65. The van der Waals surface area contributed by atoms with Crippen molar-refractivity contribution in [3.05, 3.63) is 82.4 Å². The fourth-order valence-corrected chi connectivity index (χ4v) is 5.16. The van der Waals surface area contributed by atoms with Gasteiger partial charge in [-0.3, -0.25) is 9.59 Å². The largest absolute Gasteiger partial charge is 0.503 e. The van der Waals surface area contributed by atoms with Gasteiger partial charge in [-0.1, -0.05) is 29.8 Å². The molecule has 1 amide bonds. The standard InChI is InChI=1S/C26H21ClN2O5/c27-15-7-8-20-14(10-15)11-21(34-20)24(30)22-23(18-12-28-19-6-2-1-5-17(18)19)29(26(32)25(22)31)13-16-4-3-9-33-16/h1-2,5-8,10-12,16,23,28,31H,3-4,9,13H2. The minimum Gasteiger partial charge on any atom is -0.503 e. The molecule has 2 atom stereocenters. The molecule has 172 valence electrons. The minimum absolute atomic E-state index is 0.00194. The molecule has 2 N–H and O–H groups in total. The van der Waals surface area contributed by atoms with E-state index in [0.717, 1.165) is 29.3 Å². The average Bonchev–Trinajstić information content (AvgIpc) is 3.62. The van der Waals surface area contributed by atoms with E-state index < -0.39 is 23.5 Å². The lowest BCUT2D eigenvalue weighted by Crippen LogP contribution is -2.37. The van der Waals surface area contributed by atoms with Crippen LogP contribution in [0.2, 0.25) is 5.02 Å². The van der Waals surface area contributed by atoms with Gasteiger partial charge in [0.15, 0.2) is 11.5 Å². The first-order valence-corrected chi connectivity index (χ1v) is 11.5. The van der Waals surface area contributed by atoms with Crippen LogP contribution >= 0.6 is 11.6 Å². The minimum atomic E-state index is -0.780. The van der Waals surface area contributed by atoms with Crippen LogP contribution in [0.1, 0.15) is 35.0 Å². The third-order valence-corrected chi connectivity index (χ3v) is 6.83. The number of ketones is 1. The van der Waals surface area contributed by atoms with E-state index in [1.54, 1.807) is 30.5 Å². The molecule has 0 aliphatic carbocycles. The molecule has 2 aromatic carbocycles. The highest BCUT2D eigenvalue weighted by Crippen LogP contribution is 2.42. The number of rotatable bonds is 5. The Bertz CT molecular complexity index is 1480. The van der Waals surface area contributed by atoms with Gasteiger partial charge in [0.1, 0.15) is 5.58 Å². The maximum atomic E-state index is 13.7. The summed E-state index contributed by atoms with van der Waals surface area (Å²) in [6, 6.07) is 13.5. The molecule has 34 heavy (non-hydrogen) atoms. The van der Waals surface area contributed by atoms with E-state index >= 15 is 0 Å². The summed E-state index contributed by atoms with van der Waals surface area (Å²) < 4.78 is 11.6. The predicted molar refractivity (Wildman–Crippen MR) is 127 cm³/mol. The van der Waals surface area contributed by atoms with E-state index in [-0.39, 0.29) is 24.0 Å². The van der Waals surface area contributed by atoms with Crippen molar-refractivity contribution in [1.29, 1.82) is 0 Å². The SMILES string of the molecule is O=C(C1=C(O)C(=O)N(CC2CCCO2)C1c1c[nH]c2ccccc12)c1cc2cc(Cl)ccc2o1. The molecule has 1 saturated heterocycles. The van der Waals surface area contributed by atoms with Gasteiger partial charge >= 0.3 is 0 Å². The quantitative estimate of drug-likeness (QED) is 0.380.